The van der Waals surface area contributed by atoms with Gasteiger partial charge in [0.25, 0.3) is 0 Å². The first kappa shape index (κ1) is 7.28. The molecule has 2 aromatic heterocycles. The van der Waals surface area contributed by atoms with Crippen molar-refractivity contribution in [3.63, 3.8) is 0 Å². The fraction of sp³-hybridized carbons (Fsp3) is 0.333. The third-order valence-electron chi connectivity index (χ3n) is 2.11. The summed E-state index contributed by atoms with van der Waals surface area (Å²) in [7, 11) is 0. The Morgan fingerprint density at radius 1 is 1.50 bits per heavy atom. The van der Waals surface area contributed by atoms with Crippen LogP contribution in [-0.2, 0) is 6.42 Å². The lowest BCUT2D eigenvalue weighted by Crippen LogP contribution is -1.93. The molecule has 0 fully saturated rings. The van der Waals surface area contributed by atoms with Gasteiger partial charge in [-0.1, -0.05) is 6.92 Å². The van der Waals surface area contributed by atoms with Gasteiger partial charge >= 0.3 is 0 Å². The molecule has 0 aliphatic carbocycles. The highest BCUT2D eigenvalue weighted by molar-refractivity contribution is 5.42. The minimum Gasteiger partial charge on any atom is -0.221 e. The zero-order valence-corrected chi connectivity index (χ0v) is 7.28. The Hall–Kier alpha value is -1.38. The van der Waals surface area contributed by atoms with Gasteiger partial charge in [0.1, 0.15) is 6.33 Å². The van der Waals surface area contributed by atoms with Gasteiger partial charge in [0.05, 0.1) is 0 Å². The van der Waals surface area contributed by atoms with Gasteiger partial charge in [0, 0.05) is 6.20 Å². The number of pyridine rings is 1. The number of rotatable bonds is 1. The monoisotopic (exact) mass is 161 g/mol. The minimum atomic E-state index is 0.921. The van der Waals surface area contributed by atoms with E-state index in [0.717, 1.165) is 12.1 Å². The summed E-state index contributed by atoms with van der Waals surface area (Å²) in [5, 5.41) is 4.07. The second-order valence-corrected chi connectivity index (χ2v) is 2.90. The second kappa shape index (κ2) is 2.59. The minimum absolute atomic E-state index is 0.921. The lowest BCUT2D eigenvalue weighted by atomic mass is 10.1. The van der Waals surface area contributed by atoms with Crippen molar-refractivity contribution >= 4 is 5.65 Å². The van der Waals surface area contributed by atoms with E-state index >= 15 is 0 Å². The molecule has 0 atom stereocenters. The fourth-order valence-corrected chi connectivity index (χ4v) is 1.37. The Balaban J connectivity index is 2.73. The lowest BCUT2D eigenvalue weighted by molar-refractivity contribution is 0.928. The van der Waals surface area contributed by atoms with Crippen LogP contribution in [0, 0.1) is 6.92 Å². The molecule has 0 aromatic carbocycles. The van der Waals surface area contributed by atoms with E-state index in [1.54, 1.807) is 6.33 Å². The van der Waals surface area contributed by atoms with Crippen molar-refractivity contribution < 1.29 is 0 Å². The van der Waals surface area contributed by atoms with Crippen molar-refractivity contribution in [2.75, 3.05) is 0 Å². The summed E-state index contributed by atoms with van der Waals surface area (Å²) >= 11 is 0. The van der Waals surface area contributed by atoms with Crippen LogP contribution in [0.4, 0.5) is 0 Å². The van der Waals surface area contributed by atoms with Crippen LogP contribution < -0.4 is 0 Å². The zero-order valence-electron chi connectivity index (χ0n) is 7.28. The average Bonchev–Trinajstić information content (AvgIpc) is 2.49. The van der Waals surface area contributed by atoms with Gasteiger partial charge in [0.2, 0.25) is 0 Å². The molecule has 12 heavy (non-hydrogen) atoms. The van der Waals surface area contributed by atoms with Crippen LogP contribution in [-0.4, -0.2) is 14.6 Å². The molecule has 0 unspecified atom stereocenters. The first-order valence-corrected chi connectivity index (χ1v) is 4.10. The number of hydrogen-bond donors (Lipinski definition) is 0. The molecule has 2 aromatic rings. The normalized spacial score (nSPS) is 10.8. The fourth-order valence-electron chi connectivity index (χ4n) is 1.37. The molecule has 2 heterocycles. The number of hydrogen-bond acceptors (Lipinski definition) is 2. The van der Waals surface area contributed by atoms with Crippen molar-refractivity contribution in [3.05, 3.63) is 29.7 Å². The molecular formula is C9H11N3. The number of fused-ring (bicyclic) bond motifs is 1. The molecule has 3 heteroatoms. The zero-order chi connectivity index (χ0) is 8.55. The van der Waals surface area contributed by atoms with Crippen LogP contribution in [0.15, 0.2) is 18.6 Å². The molecule has 0 saturated carbocycles. The van der Waals surface area contributed by atoms with Gasteiger partial charge in [-0.3, -0.25) is 0 Å². The quantitative estimate of drug-likeness (QED) is 0.636. The molecule has 0 aliphatic rings. The number of aryl methyl sites for hydroxylation is 2. The van der Waals surface area contributed by atoms with Gasteiger partial charge in [-0.25, -0.2) is 9.50 Å². The van der Waals surface area contributed by atoms with Gasteiger partial charge in [-0.15, -0.1) is 0 Å². The summed E-state index contributed by atoms with van der Waals surface area (Å²) in [6.45, 7) is 4.25. The molecule has 62 valence electrons. The molecule has 0 saturated heterocycles. The van der Waals surface area contributed by atoms with Crippen molar-refractivity contribution in [1.82, 2.24) is 14.6 Å². The van der Waals surface area contributed by atoms with E-state index in [2.05, 4.69) is 30.0 Å². The highest BCUT2D eigenvalue weighted by Gasteiger charge is 1.99. The van der Waals surface area contributed by atoms with Crippen LogP contribution in [0.3, 0.4) is 0 Å². The van der Waals surface area contributed by atoms with E-state index < -0.39 is 0 Å². The van der Waals surface area contributed by atoms with Crippen molar-refractivity contribution in [2.45, 2.75) is 20.3 Å². The maximum absolute atomic E-state index is 4.11. The highest BCUT2D eigenvalue weighted by Crippen LogP contribution is 2.10. The lowest BCUT2D eigenvalue weighted by Gasteiger charge is -2.01. The third-order valence-corrected chi connectivity index (χ3v) is 2.11. The van der Waals surface area contributed by atoms with Crippen LogP contribution in [0.25, 0.3) is 5.65 Å². The molecule has 0 amide bonds. The molecule has 0 radical (unpaired) electrons. The Kier molecular flexibility index (Phi) is 1.57. The Bertz CT molecular complexity index is 403. The van der Waals surface area contributed by atoms with E-state index in [0.29, 0.717) is 0 Å². The largest absolute Gasteiger partial charge is 0.221 e. The van der Waals surface area contributed by atoms with E-state index in [1.165, 1.54) is 11.1 Å². The first-order valence-electron chi connectivity index (χ1n) is 4.10. The van der Waals surface area contributed by atoms with Gasteiger partial charge in [-0.2, -0.15) is 5.10 Å². The second-order valence-electron chi connectivity index (χ2n) is 2.90. The summed E-state index contributed by atoms with van der Waals surface area (Å²) in [4.78, 5) is 4.11. The first-order chi connectivity index (χ1) is 5.81. The summed E-state index contributed by atoms with van der Waals surface area (Å²) in [5.74, 6) is 0. The average molecular weight is 161 g/mol. The summed E-state index contributed by atoms with van der Waals surface area (Å²) in [6.07, 6.45) is 4.66. The van der Waals surface area contributed by atoms with E-state index in [1.807, 2.05) is 10.7 Å². The van der Waals surface area contributed by atoms with Gasteiger partial charge < -0.3 is 0 Å². The molecular weight excluding hydrogens is 150 g/mol. The molecule has 0 N–H and O–H groups in total. The molecule has 0 bridgehead atoms. The molecule has 2 rings (SSSR count). The SMILES string of the molecule is CCc1cn2ncnc2cc1C. The third kappa shape index (κ3) is 0.978. The predicted molar refractivity (Wildman–Crippen MR) is 47.1 cm³/mol. The smallest absolute Gasteiger partial charge is 0.155 e. The van der Waals surface area contributed by atoms with Gasteiger partial charge in [-0.05, 0) is 30.5 Å². The molecule has 0 aliphatic heterocycles. The maximum Gasteiger partial charge on any atom is 0.155 e. The standard InChI is InChI=1S/C9H11N3/c1-3-8-5-12-9(4-7(8)2)10-6-11-12/h4-6H,3H2,1-2H3. The van der Waals surface area contributed by atoms with Crippen LogP contribution in [0.2, 0.25) is 0 Å². The highest BCUT2D eigenvalue weighted by atomic mass is 15.3. The number of nitrogens with zero attached hydrogens (tertiary/aromatic N) is 3. The predicted octanol–water partition coefficient (Wildman–Crippen LogP) is 1.60. The topological polar surface area (TPSA) is 30.2 Å². The molecule has 0 spiro atoms. The summed E-state index contributed by atoms with van der Waals surface area (Å²) < 4.78 is 1.81. The molecule has 3 nitrogen and oxygen atoms in total. The van der Waals surface area contributed by atoms with Crippen molar-refractivity contribution in [1.29, 1.82) is 0 Å². The summed E-state index contributed by atoms with van der Waals surface area (Å²) in [6, 6.07) is 2.06. The Morgan fingerprint density at radius 2 is 2.33 bits per heavy atom. The van der Waals surface area contributed by atoms with Crippen LogP contribution >= 0.6 is 0 Å². The maximum atomic E-state index is 4.11. The van der Waals surface area contributed by atoms with E-state index in [-0.39, 0.29) is 0 Å². The summed E-state index contributed by atoms with van der Waals surface area (Å²) in [5.41, 5.74) is 3.54. The van der Waals surface area contributed by atoms with Gasteiger partial charge in [0.15, 0.2) is 5.65 Å². The van der Waals surface area contributed by atoms with Crippen molar-refractivity contribution in [2.24, 2.45) is 0 Å². The van der Waals surface area contributed by atoms with E-state index in [9.17, 15) is 0 Å². The Labute approximate surface area is 71.1 Å². The van der Waals surface area contributed by atoms with Crippen LogP contribution in [0.5, 0.6) is 0 Å². The van der Waals surface area contributed by atoms with Crippen molar-refractivity contribution in [3.8, 4) is 0 Å². The van der Waals surface area contributed by atoms with E-state index in [4.69, 9.17) is 0 Å². The Morgan fingerprint density at radius 3 is 3.08 bits per heavy atom. The van der Waals surface area contributed by atoms with Crippen LogP contribution in [0.1, 0.15) is 18.1 Å². The number of aromatic nitrogens is 3.